The second-order valence-corrected chi connectivity index (χ2v) is 16.2. The Morgan fingerprint density at radius 3 is 2.02 bits per heavy atom. The lowest BCUT2D eigenvalue weighted by Crippen LogP contribution is -2.81. The first-order valence-corrected chi connectivity index (χ1v) is 17.5. The van der Waals surface area contributed by atoms with Crippen molar-refractivity contribution >= 4 is 29.8 Å². The Balaban J connectivity index is 1.70. The van der Waals surface area contributed by atoms with Crippen molar-refractivity contribution < 1.29 is 61.9 Å². The van der Waals surface area contributed by atoms with Crippen molar-refractivity contribution in [2.75, 3.05) is 7.11 Å². The van der Waals surface area contributed by atoms with Crippen molar-refractivity contribution in [1.29, 1.82) is 0 Å². The van der Waals surface area contributed by atoms with Gasteiger partial charge in [-0.3, -0.25) is 24.0 Å². The molecule has 2 heterocycles. The van der Waals surface area contributed by atoms with Crippen LogP contribution in [0, 0.1) is 39.4 Å². The van der Waals surface area contributed by atoms with Gasteiger partial charge < -0.3 is 37.9 Å². The highest BCUT2D eigenvalue weighted by Gasteiger charge is 2.93. The van der Waals surface area contributed by atoms with E-state index in [1.54, 1.807) is 33.3 Å². The van der Waals surface area contributed by atoms with Crippen molar-refractivity contribution in [3.05, 3.63) is 24.2 Å². The van der Waals surface area contributed by atoms with Gasteiger partial charge in [-0.15, -0.1) is 0 Å². The number of aliphatic hydroxyl groups excluding tert-OH is 1. The first-order valence-electron chi connectivity index (χ1n) is 17.5. The van der Waals surface area contributed by atoms with Crippen LogP contribution >= 0.6 is 0 Å². The molecule has 276 valence electrons. The van der Waals surface area contributed by atoms with E-state index in [1.165, 1.54) is 27.9 Å². The number of hydrogen-bond donors (Lipinski definition) is 1. The number of fused-ring (bicyclic) bond motifs is 3. The maximum atomic E-state index is 13.8. The summed E-state index contributed by atoms with van der Waals surface area (Å²) in [7, 11) is 1.23. The molecule has 4 aliphatic carbocycles. The van der Waals surface area contributed by atoms with Crippen LogP contribution in [0.4, 0.5) is 0 Å². The normalized spacial score (nSPS) is 45.6. The van der Waals surface area contributed by atoms with Crippen LogP contribution in [0.25, 0.3) is 0 Å². The molecule has 1 aliphatic heterocycles. The summed E-state index contributed by atoms with van der Waals surface area (Å²) < 4.78 is 42.9. The summed E-state index contributed by atoms with van der Waals surface area (Å²) in [6.45, 7) is 14.6. The smallest absolute Gasteiger partial charge is 0.314 e. The monoisotopic (exact) mass is 702 g/mol. The summed E-state index contributed by atoms with van der Waals surface area (Å²) in [6.07, 6.45) is -2.39. The fraction of sp³-hybridized carbons (Fsp3) is 0.757. The van der Waals surface area contributed by atoms with Crippen molar-refractivity contribution in [2.24, 2.45) is 39.4 Å². The average Bonchev–Trinajstić information content (AvgIpc) is 3.38. The molecule has 1 saturated heterocycles. The summed E-state index contributed by atoms with van der Waals surface area (Å²) in [4.78, 5) is 66.7. The zero-order chi connectivity index (χ0) is 36.9. The van der Waals surface area contributed by atoms with Crippen LogP contribution in [-0.2, 0) is 52.4 Å². The van der Waals surface area contributed by atoms with Crippen molar-refractivity contribution in [3.63, 3.8) is 0 Å². The van der Waals surface area contributed by atoms with E-state index in [0.29, 0.717) is 6.42 Å². The Morgan fingerprint density at radius 2 is 1.48 bits per heavy atom. The van der Waals surface area contributed by atoms with Gasteiger partial charge >= 0.3 is 29.8 Å². The number of hydrogen-bond acceptors (Lipinski definition) is 13. The molecule has 1 aromatic heterocycles. The van der Waals surface area contributed by atoms with Gasteiger partial charge in [-0.1, -0.05) is 34.6 Å². The summed E-state index contributed by atoms with van der Waals surface area (Å²) in [5, 5.41) is 11.7. The molecular formula is C37H50O13. The molecule has 0 bridgehead atoms. The number of carbonyl (C=O) groups is 5. The van der Waals surface area contributed by atoms with E-state index in [0.717, 1.165) is 5.56 Å². The molecule has 1 N–H and O–H groups in total. The van der Waals surface area contributed by atoms with Crippen molar-refractivity contribution in [1.82, 2.24) is 0 Å². The lowest BCUT2D eigenvalue weighted by molar-refractivity contribution is -0.330. The molecule has 5 fully saturated rings. The highest BCUT2D eigenvalue weighted by atomic mass is 16.6. The summed E-state index contributed by atoms with van der Waals surface area (Å²) in [6, 6.07) is 1.85. The predicted octanol–water partition coefficient (Wildman–Crippen LogP) is 3.88. The van der Waals surface area contributed by atoms with Gasteiger partial charge in [0.25, 0.3) is 0 Å². The van der Waals surface area contributed by atoms with E-state index in [2.05, 4.69) is 0 Å². The summed E-state index contributed by atoms with van der Waals surface area (Å²) >= 11 is 0. The van der Waals surface area contributed by atoms with Gasteiger partial charge in [0.2, 0.25) is 0 Å². The number of ether oxygens (including phenoxy) is 6. The van der Waals surface area contributed by atoms with Gasteiger partial charge in [-0.05, 0) is 37.3 Å². The molecule has 4 saturated carbocycles. The van der Waals surface area contributed by atoms with Crippen LogP contribution in [-0.4, -0.2) is 84.3 Å². The molecular weight excluding hydrogens is 652 g/mol. The van der Waals surface area contributed by atoms with E-state index in [-0.39, 0.29) is 18.8 Å². The number of epoxide rings is 1. The second-order valence-electron chi connectivity index (χ2n) is 16.2. The average molecular weight is 703 g/mol. The Kier molecular flexibility index (Phi) is 8.57. The lowest BCUT2D eigenvalue weighted by Gasteiger charge is -2.72. The third-order valence-corrected chi connectivity index (χ3v) is 13.7. The van der Waals surface area contributed by atoms with Gasteiger partial charge in [-0.2, -0.15) is 0 Å². The molecule has 0 radical (unpaired) electrons. The van der Waals surface area contributed by atoms with E-state index < -0.39 is 111 Å². The fourth-order valence-electron chi connectivity index (χ4n) is 11.7. The molecule has 13 heteroatoms. The Morgan fingerprint density at radius 1 is 0.860 bits per heavy atom. The maximum Gasteiger partial charge on any atom is 0.314 e. The minimum atomic E-state index is -1.58. The molecule has 14 atom stereocenters. The van der Waals surface area contributed by atoms with E-state index >= 15 is 0 Å². The number of methoxy groups -OCH3 is 1. The van der Waals surface area contributed by atoms with Gasteiger partial charge in [0, 0.05) is 55.3 Å². The second kappa shape index (κ2) is 11.8. The zero-order valence-corrected chi connectivity index (χ0v) is 30.5. The van der Waals surface area contributed by atoms with E-state index in [9.17, 15) is 29.1 Å². The molecule has 1 spiro atoms. The number of rotatable bonds is 7. The van der Waals surface area contributed by atoms with Crippen LogP contribution in [0.3, 0.4) is 0 Å². The van der Waals surface area contributed by atoms with Crippen LogP contribution in [0.2, 0.25) is 0 Å². The van der Waals surface area contributed by atoms with Gasteiger partial charge in [-0.25, -0.2) is 0 Å². The van der Waals surface area contributed by atoms with Gasteiger partial charge in [0.15, 0.2) is 0 Å². The molecule has 6 rings (SSSR count). The molecule has 13 nitrogen and oxygen atoms in total. The third-order valence-electron chi connectivity index (χ3n) is 13.7. The predicted molar refractivity (Wildman–Crippen MR) is 172 cm³/mol. The number of furan rings is 1. The molecule has 1 aromatic rings. The molecule has 0 aromatic carbocycles. The first kappa shape index (κ1) is 36.3. The molecule has 0 unspecified atom stereocenters. The number of esters is 5. The fourth-order valence-corrected chi connectivity index (χ4v) is 11.7. The number of carbonyl (C=O) groups excluding carboxylic acids is 5. The van der Waals surface area contributed by atoms with Crippen molar-refractivity contribution in [2.45, 2.75) is 130 Å². The number of aliphatic hydroxyl groups is 1. The zero-order valence-electron chi connectivity index (χ0n) is 30.5. The van der Waals surface area contributed by atoms with Crippen LogP contribution in [0.15, 0.2) is 23.0 Å². The topological polar surface area (TPSA) is 177 Å². The standard InChI is InChI=1S/C37H50O13/c1-17(2)31(42)49-30-28(48-20(5)40)29-34(7)23(33(6,32(43)44-10)24(41)15-25(34)46-18(3)38)14-26(47-19(4)39)36(29,9)37-27(50-37)13-22(35(30,37)8)21-11-12-45-16-21/h11-12,16-17,22-30,41H,13-15H2,1-10H3/t22-,23-,24+,25-,26+,27+,28+,29+,30-,33-,34+,35+,36+,37+/m0/s1. The minimum Gasteiger partial charge on any atom is -0.472 e. The largest absolute Gasteiger partial charge is 0.472 e. The molecule has 0 amide bonds. The Bertz CT molecular complexity index is 1570. The van der Waals surface area contributed by atoms with Crippen LogP contribution < -0.4 is 0 Å². The first-order chi connectivity index (χ1) is 23.3. The quantitative estimate of drug-likeness (QED) is 0.246. The summed E-state index contributed by atoms with van der Waals surface area (Å²) in [5.74, 6) is -5.69. The highest BCUT2D eigenvalue weighted by Crippen LogP contribution is 2.83. The van der Waals surface area contributed by atoms with Gasteiger partial charge in [0.05, 0.1) is 43.2 Å². The lowest BCUT2D eigenvalue weighted by atomic mass is 9.33. The van der Waals surface area contributed by atoms with Crippen LogP contribution in [0.5, 0.6) is 0 Å². The molecule has 5 aliphatic rings. The summed E-state index contributed by atoms with van der Waals surface area (Å²) in [5.41, 5.74) is -5.41. The SMILES string of the molecule is COC(=O)[C@]1(C)[C@H](O)C[C@H](OC(C)=O)[C@]2(C)[C@H]3[C@@H](OC(C)=O)[C@H](OC(=O)C(C)C)[C@@]4(C)[C@H](c5ccoc5)C[C@H]5O[C@]54[C@]3(C)[C@H](OC(C)=O)C[C@@H]12. The van der Waals surface area contributed by atoms with E-state index in [1.807, 2.05) is 26.8 Å². The van der Waals surface area contributed by atoms with Crippen molar-refractivity contribution in [3.8, 4) is 0 Å². The van der Waals surface area contributed by atoms with Crippen LogP contribution in [0.1, 0.15) is 93.1 Å². The maximum absolute atomic E-state index is 13.8. The Hall–Kier alpha value is -3.45. The molecule has 50 heavy (non-hydrogen) atoms. The third kappa shape index (κ3) is 4.53. The van der Waals surface area contributed by atoms with E-state index in [4.69, 9.17) is 32.8 Å². The highest BCUT2D eigenvalue weighted by molar-refractivity contribution is 5.78. The van der Waals surface area contributed by atoms with Gasteiger partial charge in [0.1, 0.15) is 30.0 Å². The Labute approximate surface area is 292 Å². The minimum absolute atomic E-state index is 0.0526.